The smallest absolute Gasteiger partial charge is 0.145 e. The maximum atomic E-state index is 6.15. The second-order valence-electron chi connectivity index (χ2n) is 5.44. The Hall–Kier alpha value is -1.61. The summed E-state index contributed by atoms with van der Waals surface area (Å²) in [7, 11) is 0. The maximum Gasteiger partial charge on any atom is 0.145 e. The van der Waals surface area contributed by atoms with Gasteiger partial charge in [0.1, 0.15) is 11.3 Å². The topological polar surface area (TPSA) is 48.1 Å². The van der Waals surface area contributed by atoms with Gasteiger partial charge in [-0.1, -0.05) is 18.2 Å². The van der Waals surface area contributed by atoms with Gasteiger partial charge in [-0.25, -0.2) is 4.98 Å². The van der Waals surface area contributed by atoms with Crippen molar-refractivity contribution in [3.63, 3.8) is 0 Å². The van der Waals surface area contributed by atoms with Gasteiger partial charge in [0.15, 0.2) is 0 Å². The Balaban J connectivity index is 1.86. The summed E-state index contributed by atoms with van der Waals surface area (Å²) in [5.74, 6) is 0.904. The number of hydrogen-bond acceptors (Lipinski definition) is 3. The highest BCUT2D eigenvalue weighted by atomic mass is 16.5. The number of ether oxygens (including phenoxy) is 1. The minimum atomic E-state index is 0.285. The van der Waals surface area contributed by atoms with E-state index in [1.807, 2.05) is 25.1 Å². The van der Waals surface area contributed by atoms with E-state index in [0.29, 0.717) is 6.04 Å². The molecule has 0 radical (unpaired) electrons. The summed E-state index contributed by atoms with van der Waals surface area (Å²) in [6, 6.07) is 10.6. The van der Waals surface area contributed by atoms with E-state index in [1.54, 1.807) is 0 Å². The Bertz CT molecular complexity index is 574. The minimum Gasteiger partial charge on any atom is -0.488 e. The summed E-state index contributed by atoms with van der Waals surface area (Å²) < 4.78 is 6.15. The fraction of sp³-hybridized carbons (Fsp3) is 0.438. The summed E-state index contributed by atoms with van der Waals surface area (Å²) in [6.45, 7) is 2.01. The van der Waals surface area contributed by atoms with Crippen molar-refractivity contribution in [1.29, 1.82) is 0 Å². The molecule has 1 saturated carbocycles. The first-order valence-electron chi connectivity index (χ1n) is 7.01. The van der Waals surface area contributed by atoms with Crippen molar-refractivity contribution in [3.8, 4) is 5.75 Å². The van der Waals surface area contributed by atoms with Crippen molar-refractivity contribution in [1.82, 2.24) is 4.98 Å². The molecule has 0 unspecified atom stereocenters. The van der Waals surface area contributed by atoms with Crippen molar-refractivity contribution in [2.24, 2.45) is 5.73 Å². The van der Waals surface area contributed by atoms with Crippen LogP contribution in [0, 0.1) is 6.92 Å². The molecular formula is C16H20N2O. The molecule has 1 aliphatic carbocycles. The van der Waals surface area contributed by atoms with Gasteiger partial charge in [-0.15, -0.1) is 0 Å². The van der Waals surface area contributed by atoms with Crippen LogP contribution in [0.15, 0.2) is 30.3 Å². The normalized spacial score (nSPS) is 23.5. The molecule has 3 heteroatoms. The molecule has 1 heterocycles. The summed E-state index contributed by atoms with van der Waals surface area (Å²) in [6.07, 6.45) is 4.49. The maximum absolute atomic E-state index is 6.15. The van der Waals surface area contributed by atoms with E-state index in [9.17, 15) is 0 Å². The molecule has 0 amide bonds. The monoisotopic (exact) mass is 256 g/mol. The second-order valence-corrected chi connectivity index (χ2v) is 5.44. The lowest BCUT2D eigenvalue weighted by Gasteiger charge is -2.27. The van der Waals surface area contributed by atoms with E-state index < -0.39 is 0 Å². The third-order valence-electron chi connectivity index (χ3n) is 3.83. The lowest BCUT2D eigenvalue weighted by molar-refractivity contribution is 0.149. The first-order valence-corrected chi connectivity index (χ1v) is 7.01. The van der Waals surface area contributed by atoms with Crippen molar-refractivity contribution in [3.05, 3.63) is 36.0 Å². The number of pyridine rings is 1. The third-order valence-corrected chi connectivity index (χ3v) is 3.83. The van der Waals surface area contributed by atoms with Gasteiger partial charge < -0.3 is 10.5 Å². The van der Waals surface area contributed by atoms with Crippen LogP contribution in [0.1, 0.15) is 31.4 Å². The van der Waals surface area contributed by atoms with Crippen LogP contribution in [-0.4, -0.2) is 17.1 Å². The highest BCUT2D eigenvalue weighted by Gasteiger charge is 2.20. The van der Waals surface area contributed by atoms with Crippen LogP contribution in [0.4, 0.5) is 0 Å². The Morgan fingerprint density at radius 3 is 2.68 bits per heavy atom. The average Bonchev–Trinajstić information content (AvgIpc) is 2.42. The van der Waals surface area contributed by atoms with Gasteiger partial charge in [0.25, 0.3) is 0 Å². The zero-order valence-electron chi connectivity index (χ0n) is 11.3. The van der Waals surface area contributed by atoms with E-state index in [4.69, 9.17) is 10.5 Å². The number of nitrogens with zero attached hydrogens (tertiary/aromatic N) is 1. The zero-order valence-corrected chi connectivity index (χ0v) is 11.3. The van der Waals surface area contributed by atoms with E-state index in [1.165, 1.54) is 0 Å². The van der Waals surface area contributed by atoms with Gasteiger partial charge in [-0.3, -0.25) is 0 Å². The molecule has 3 rings (SSSR count). The summed E-state index contributed by atoms with van der Waals surface area (Å²) >= 11 is 0. The lowest BCUT2D eigenvalue weighted by Crippen LogP contribution is -2.31. The fourth-order valence-corrected chi connectivity index (χ4v) is 2.70. The Kier molecular flexibility index (Phi) is 3.38. The van der Waals surface area contributed by atoms with Gasteiger partial charge >= 0.3 is 0 Å². The average molecular weight is 256 g/mol. The highest BCUT2D eigenvalue weighted by Crippen LogP contribution is 2.28. The van der Waals surface area contributed by atoms with E-state index in [2.05, 4.69) is 17.1 Å². The quantitative estimate of drug-likeness (QED) is 0.897. The molecular weight excluding hydrogens is 236 g/mol. The Labute approximate surface area is 113 Å². The first-order chi connectivity index (χ1) is 9.22. The Morgan fingerprint density at radius 1 is 1.11 bits per heavy atom. The number of para-hydroxylation sites is 1. The molecule has 1 aromatic heterocycles. The molecule has 0 atom stereocenters. The zero-order chi connectivity index (χ0) is 13.2. The summed E-state index contributed by atoms with van der Waals surface area (Å²) in [5.41, 5.74) is 7.93. The molecule has 2 N–H and O–H groups in total. The summed E-state index contributed by atoms with van der Waals surface area (Å²) in [4.78, 5) is 4.61. The predicted octanol–water partition coefficient (Wildman–Crippen LogP) is 3.19. The second kappa shape index (κ2) is 5.17. The SMILES string of the molecule is Cc1ccc2cccc(OC3CCC(N)CC3)c2n1. The first kappa shape index (κ1) is 12.4. The molecule has 0 bridgehead atoms. The lowest BCUT2D eigenvalue weighted by atomic mass is 9.94. The third kappa shape index (κ3) is 2.71. The van der Waals surface area contributed by atoms with Crippen LogP contribution in [-0.2, 0) is 0 Å². The molecule has 0 aliphatic heterocycles. The van der Waals surface area contributed by atoms with E-state index in [-0.39, 0.29) is 6.10 Å². The highest BCUT2D eigenvalue weighted by molar-refractivity contribution is 5.84. The van der Waals surface area contributed by atoms with Crippen LogP contribution in [0.3, 0.4) is 0 Å². The number of fused-ring (bicyclic) bond motifs is 1. The molecule has 0 saturated heterocycles. The van der Waals surface area contributed by atoms with Crippen molar-refractivity contribution < 1.29 is 4.74 Å². The molecule has 1 aromatic carbocycles. The van der Waals surface area contributed by atoms with Crippen molar-refractivity contribution in [2.45, 2.75) is 44.8 Å². The van der Waals surface area contributed by atoms with E-state index in [0.717, 1.165) is 48.0 Å². The molecule has 0 spiro atoms. The van der Waals surface area contributed by atoms with Crippen LogP contribution >= 0.6 is 0 Å². The standard InChI is InChI=1S/C16H20N2O/c1-11-5-6-12-3-2-4-15(16(12)18-11)19-14-9-7-13(17)8-10-14/h2-6,13-14H,7-10,17H2,1H3. The molecule has 1 aliphatic rings. The van der Waals surface area contributed by atoms with Gasteiger partial charge in [-0.05, 0) is 44.7 Å². The van der Waals surface area contributed by atoms with Gasteiger partial charge in [-0.2, -0.15) is 0 Å². The molecule has 19 heavy (non-hydrogen) atoms. The number of rotatable bonds is 2. The molecule has 2 aromatic rings. The number of aromatic nitrogens is 1. The number of hydrogen-bond donors (Lipinski definition) is 1. The molecule has 1 fully saturated rings. The molecule has 3 nitrogen and oxygen atoms in total. The predicted molar refractivity (Wildman–Crippen MR) is 77.3 cm³/mol. The number of aryl methyl sites for hydroxylation is 1. The largest absolute Gasteiger partial charge is 0.488 e. The van der Waals surface area contributed by atoms with Crippen LogP contribution in [0.25, 0.3) is 10.9 Å². The molecule has 100 valence electrons. The Morgan fingerprint density at radius 2 is 1.89 bits per heavy atom. The van der Waals surface area contributed by atoms with E-state index >= 15 is 0 Å². The van der Waals surface area contributed by atoms with Crippen LogP contribution in [0.5, 0.6) is 5.75 Å². The van der Waals surface area contributed by atoms with Gasteiger partial charge in [0.2, 0.25) is 0 Å². The van der Waals surface area contributed by atoms with Crippen LogP contribution < -0.4 is 10.5 Å². The van der Waals surface area contributed by atoms with Gasteiger partial charge in [0.05, 0.1) is 6.10 Å². The number of benzene rings is 1. The number of nitrogens with two attached hydrogens (primary N) is 1. The fourth-order valence-electron chi connectivity index (χ4n) is 2.70. The van der Waals surface area contributed by atoms with Crippen LogP contribution in [0.2, 0.25) is 0 Å². The summed E-state index contributed by atoms with van der Waals surface area (Å²) in [5, 5.41) is 1.13. The van der Waals surface area contributed by atoms with Gasteiger partial charge in [0, 0.05) is 17.1 Å². The van der Waals surface area contributed by atoms with Crippen molar-refractivity contribution in [2.75, 3.05) is 0 Å². The minimum absolute atomic E-state index is 0.285. The van der Waals surface area contributed by atoms with Crippen molar-refractivity contribution >= 4 is 10.9 Å².